The Morgan fingerprint density at radius 2 is 1.86 bits per heavy atom. The van der Waals surface area contributed by atoms with Crippen molar-refractivity contribution in [3.63, 3.8) is 0 Å². The Morgan fingerprint density at radius 1 is 1.14 bits per heavy atom. The number of benzene rings is 2. The highest BCUT2D eigenvalue weighted by Gasteiger charge is 2.09. The number of halogens is 1. The molecule has 2 aromatic carbocycles. The average molecular weight is 348 g/mol. The van der Waals surface area contributed by atoms with Gasteiger partial charge in [-0.25, -0.2) is 0 Å². The van der Waals surface area contributed by atoms with E-state index < -0.39 is 0 Å². The lowest BCUT2D eigenvalue weighted by molar-refractivity contribution is 0.102. The van der Waals surface area contributed by atoms with E-state index >= 15 is 0 Å². The number of carbonyl (C=O) groups excluding carboxylic acids is 1. The van der Waals surface area contributed by atoms with Crippen LogP contribution in [0.5, 0.6) is 5.75 Å². The van der Waals surface area contributed by atoms with E-state index in [9.17, 15) is 4.79 Å². The molecule has 21 heavy (non-hydrogen) atoms. The first-order valence-electron chi connectivity index (χ1n) is 6.99. The summed E-state index contributed by atoms with van der Waals surface area (Å²) < 4.78 is 6.66. The Hall–Kier alpha value is -1.81. The standard InChI is InChI=1S/C17H18BrNO2/c1-2-3-12-21-16-7-5-4-6-15(16)19-17(20)13-8-10-14(18)11-9-13/h4-11H,2-3,12H2,1H3,(H,19,20). The van der Waals surface area contributed by atoms with Crippen LogP contribution >= 0.6 is 15.9 Å². The van der Waals surface area contributed by atoms with E-state index in [1.165, 1.54) is 0 Å². The summed E-state index contributed by atoms with van der Waals surface area (Å²) in [5.41, 5.74) is 1.31. The van der Waals surface area contributed by atoms with Crippen molar-refractivity contribution in [3.05, 3.63) is 58.6 Å². The van der Waals surface area contributed by atoms with E-state index in [2.05, 4.69) is 28.2 Å². The van der Waals surface area contributed by atoms with Gasteiger partial charge in [0.15, 0.2) is 0 Å². The summed E-state index contributed by atoms with van der Waals surface area (Å²) in [6.07, 6.45) is 2.07. The molecule has 0 aromatic heterocycles. The third-order valence-corrected chi connectivity index (χ3v) is 3.53. The Morgan fingerprint density at radius 3 is 2.57 bits per heavy atom. The number of hydrogen-bond acceptors (Lipinski definition) is 2. The highest BCUT2D eigenvalue weighted by Crippen LogP contribution is 2.24. The molecule has 0 saturated heterocycles. The van der Waals surface area contributed by atoms with Gasteiger partial charge in [-0.05, 0) is 42.8 Å². The monoisotopic (exact) mass is 347 g/mol. The third-order valence-electron chi connectivity index (χ3n) is 3.00. The Bertz CT molecular complexity index is 596. The van der Waals surface area contributed by atoms with Gasteiger partial charge in [0.05, 0.1) is 12.3 Å². The number of ether oxygens (including phenoxy) is 1. The lowest BCUT2D eigenvalue weighted by Gasteiger charge is -2.12. The number of unbranched alkanes of at least 4 members (excludes halogenated alkanes) is 1. The molecule has 0 spiro atoms. The van der Waals surface area contributed by atoms with Crippen LogP contribution in [0.1, 0.15) is 30.1 Å². The fourth-order valence-electron chi connectivity index (χ4n) is 1.82. The van der Waals surface area contributed by atoms with Gasteiger partial charge in [-0.1, -0.05) is 41.4 Å². The van der Waals surface area contributed by atoms with Crippen LogP contribution in [0, 0.1) is 0 Å². The van der Waals surface area contributed by atoms with Crippen molar-refractivity contribution >= 4 is 27.5 Å². The number of hydrogen-bond donors (Lipinski definition) is 1. The zero-order valence-electron chi connectivity index (χ0n) is 11.9. The molecule has 0 aliphatic heterocycles. The molecule has 2 aromatic rings. The predicted octanol–water partition coefficient (Wildman–Crippen LogP) is 4.88. The number of carbonyl (C=O) groups is 1. The van der Waals surface area contributed by atoms with Gasteiger partial charge in [0, 0.05) is 10.0 Å². The smallest absolute Gasteiger partial charge is 0.255 e. The van der Waals surface area contributed by atoms with Crippen LogP contribution in [-0.2, 0) is 0 Å². The van der Waals surface area contributed by atoms with E-state index in [0.29, 0.717) is 23.6 Å². The van der Waals surface area contributed by atoms with E-state index in [4.69, 9.17) is 4.74 Å². The first-order chi connectivity index (χ1) is 10.2. The summed E-state index contributed by atoms with van der Waals surface area (Å²) in [5.74, 6) is 0.561. The van der Waals surface area contributed by atoms with Crippen LogP contribution in [0.3, 0.4) is 0 Å². The molecular formula is C17H18BrNO2. The summed E-state index contributed by atoms with van der Waals surface area (Å²) >= 11 is 3.36. The van der Waals surface area contributed by atoms with Crippen molar-refractivity contribution in [2.24, 2.45) is 0 Å². The van der Waals surface area contributed by atoms with E-state index in [1.807, 2.05) is 36.4 Å². The van der Waals surface area contributed by atoms with Crippen LogP contribution in [0.2, 0.25) is 0 Å². The maximum atomic E-state index is 12.2. The minimum absolute atomic E-state index is 0.144. The molecule has 0 fully saturated rings. The highest BCUT2D eigenvalue weighted by atomic mass is 79.9. The van der Waals surface area contributed by atoms with Gasteiger partial charge in [-0.2, -0.15) is 0 Å². The average Bonchev–Trinajstić information content (AvgIpc) is 2.50. The van der Waals surface area contributed by atoms with Crippen LogP contribution in [0.15, 0.2) is 53.0 Å². The molecule has 0 saturated carbocycles. The van der Waals surface area contributed by atoms with Gasteiger partial charge in [-0.15, -0.1) is 0 Å². The van der Waals surface area contributed by atoms with Crippen LogP contribution in [0.4, 0.5) is 5.69 Å². The molecule has 1 amide bonds. The number of para-hydroxylation sites is 2. The number of nitrogens with one attached hydrogen (secondary N) is 1. The second-order valence-corrected chi connectivity index (χ2v) is 5.57. The molecule has 0 aliphatic rings. The quantitative estimate of drug-likeness (QED) is 0.756. The molecule has 2 rings (SSSR count). The molecule has 0 heterocycles. The topological polar surface area (TPSA) is 38.3 Å². The van der Waals surface area contributed by atoms with Gasteiger partial charge in [-0.3, -0.25) is 4.79 Å². The Balaban J connectivity index is 2.08. The predicted molar refractivity (Wildman–Crippen MR) is 88.9 cm³/mol. The van der Waals surface area contributed by atoms with Gasteiger partial charge in [0.1, 0.15) is 5.75 Å². The second-order valence-electron chi connectivity index (χ2n) is 4.66. The van der Waals surface area contributed by atoms with Gasteiger partial charge in [0.2, 0.25) is 0 Å². The lowest BCUT2D eigenvalue weighted by Crippen LogP contribution is -2.13. The van der Waals surface area contributed by atoms with Crippen molar-refractivity contribution in [1.29, 1.82) is 0 Å². The summed E-state index contributed by atoms with van der Waals surface area (Å²) in [6, 6.07) is 14.7. The molecule has 0 aliphatic carbocycles. The van der Waals surface area contributed by atoms with Crippen LogP contribution < -0.4 is 10.1 Å². The van der Waals surface area contributed by atoms with Gasteiger partial charge >= 0.3 is 0 Å². The molecule has 0 unspecified atom stereocenters. The summed E-state index contributed by atoms with van der Waals surface area (Å²) in [7, 11) is 0. The van der Waals surface area contributed by atoms with Crippen molar-refractivity contribution in [1.82, 2.24) is 0 Å². The molecule has 4 heteroatoms. The minimum atomic E-state index is -0.144. The number of rotatable bonds is 6. The van der Waals surface area contributed by atoms with Crippen LogP contribution in [-0.4, -0.2) is 12.5 Å². The van der Waals surface area contributed by atoms with Crippen molar-refractivity contribution in [2.45, 2.75) is 19.8 Å². The maximum Gasteiger partial charge on any atom is 0.255 e. The van der Waals surface area contributed by atoms with Gasteiger partial charge in [0.25, 0.3) is 5.91 Å². The first-order valence-corrected chi connectivity index (χ1v) is 7.78. The molecule has 110 valence electrons. The summed E-state index contributed by atoms with van der Waals surface area (Å²) in [5, 5.41) is 2.89. The molecule has 3 nitrogen and oxygen atoms in total. The minimum Gasteiger partial charge on any atom is -0.491 e. The number of anilines is 1. The van der Waals surface area contributed by atoms with E-state index in [1.54, 1.807) is 12.1 Å². The molecule has 1 N–H and O–H groups in total. The second kappa shape index (κ2) is 7.84. The Labute approximate surface area is 133 Å². The molecule has 0 radical (unpaired) electrons. The molecule has 0 atom stereocenters. The number of amides is 1. The van der Waals surface area contributed by atoms with Gasteiger partial charge < -0.3 is 10.1 Å². The SMILES string of the molecule is CCCCOc1ccccc1NC(=O)c1ccc(Br)cc1. The maximum absolute atomic E-state index is 12.2. The van der Waals surface area contributed by atoms with Crippen LogP contribution in [0.25, 0.3) is 0 Å². The first kappa shape index (κ1) is 15.6. The largest absolute Gasteiger partial charge is 0.491 e. The van der Waals surface area contributed by atoms with E-state index in [-0.39, 0.29) is 5.91 Å². The van der Waals surface area contributed by atoms with Crippen molar-refractivity contribution < 1.29 is 9.53 Å². The summed E-state index contributed by atoms with van der Waals surface area (Å²) in [6.45, 7) is 2.77. The van der Waals surface area contributed by atoms with E-state index in [0.717, 1.165) is 17.3 Å². The fourth-order valence-corrected chi connectivity index (χ4v) is 2.08. The highest BCUT2D eigenvalue weighted by molar-refractivity contribution is 9.10. The Kier molecular flexibility index (Phi) is 5.81. The lowest BCUT2D eigenvalue weighted by atomic mass is 10.2. The zero-order chi connectivity index (χ0) is 15.1. The normalized spacial score (nSPS) is 10.2. The molecular weight excluding hydrogens is 330 g/mol. The third kappa shape index (κ3) is 4.60. The van der Waals surface area contributed by atoms with Crippen molar-refractivity contribution in [3.8, 4) is 5.75 Å². The zero-order valence-corrected chi connectivity index (χ0v) is 13.5. The molecule has 0 bridgehead atoms. The fraction of sp³-hybridized carbons (Fsp3) is 0.235. The summed E-state index contributed by atoms with van der Waals surface area (Å²) in [4.78, 5) is 12.2. The van der Waals surface area contributed by atoms with Crippen molar-refractivity contribution in [2.75, 3.05) is 11.9 Å².